The second kappa shape index (κ2) is 8.65. The van der Waals surface area contributed by atoms with E-state index in [1.165, 1.54) is 39.9 Å². The SMILES string of the molecule is O=C(Nc1ccc(F)cc1)c1cccc(-c2ccc(S(=O)(=O)N3CCOCC3)s2)c1. The number of morpholine rings is 1. The Kier molecular flexibility index (Phi) is 5.96. The van der Waals surface area contributed by atoms with Gasteiger partial charge in [-0.1, -0.05) is 12.1 Å². The number of benzene rings is 2. The number of thiophene rings is 1. The maximum absolute atomic E-state index is 13.0. The average Bonchev–Trinajstić information content (AvgIpc) is 3.27. The van der Waals surface area contributed by atoms with Crippen molar-refractivity contribution in [1.82, 2.24) is 4.31 Å². The Bertz CT molecular complexity index is 1150. The van der Waals surface area contributed by atoms with Crippen LogP contribution < -0.4 is 5.32 Å². The second-order valence-corrected chi connectivity index (χ2v) is 9.93. The molecule has 1 aliphatic heterocycles. The van der Waals surface area contributed by atoms with Crippen LogP contribution in [0.1, 0.15) is 10.4 Å². The van der Waals surface area contributed by atoms with Gasteiger partial charge in [0.25, 0.3) is 15.9 Å². The zero-order chi connectivity index (χ0) is 21.1. The number of carbonyl (C=O) groups is 1. The maximum Gasteiger partial charge on any atom is 0.255 e. The predicted octanol–water partition coefficient (Wildman–Crippen LogP) is 3.83. The van der Waals surface area contributed by atoms with Crippen molar-refractivity contribution in [2.45, 2.75) is 4.21 Å². The fourth-order valence-corrected chi connectivity index (χ4v) is 5.94. The molecule has 0 atom stereocenters. The number of hydrogen-bond acceptors (Lipinski definition) is 5. The predicted molar refractivity (Wildman–Crippen MR) is 114 cm³/mol. The molecule has 1 fully saturated rings. The third-order valence-electron chi connectivity index (χ3n) is 4.66. The molecule has 30 heavy (non-hydrogen) atoms. The standard InChI is InChI=1S/C21H19FN2O4S2/c22-17-4-6-18(7-5-17)23-21(25)16-3-1-2-15(14-16)19-8-9-20(29-19)30(26,27)24-10-12-28-13-11-24/h1-9,14H,10-13H2,(H,23,25). The number of amides is 1. The topological polar surface area (TPSA) is 75.7 Å². The van der Waals surface area contributed by atoms with Crippen molar-refractivity contribution in [3.05, 3.63) is 72.0 Å². The normalized spacial score (nSPS) is 15.1. The van der Waals surface area contributed by atoms with Crippen molar-refractivity contribution >= 4 is 33.0 Å². The van der Waals surface area contributed by atoms with Crippen LogP contribution in [0, 0.1) is 5.82 Å². The van der Waals surface area contributed by atoms with Crippen LogP contribution in [0.2, 0.25) is 0 Å². The number of sulfonamides is 1. The molecule has 1 saturated heterocycles. The molecule has 156 valence electrons. The fraction of sp³-hybridized carbons (Fsp3) is 0.190. The monoisotopic (exact) mass is 446 g/mol. The smallest absolute Gasteiger partial charge is 0.255 e. The first kappa shape index (κ1) is 20.7. The molecule has 4 rings (SSSR count). The Morgan fingerprint density at radius 3 is 2.50 bits per heavy atom. The van der Waals surface area contributed by atoms with Crippen LogP contribution in [0.15, 0.2) is 64.9 Å². The quantitative estimate of drug-likeness (QED) is 0.646. The molecular weight excluding hydrogens is 427 g/mol. The molecule has 6 nitrogen and oxygen atoms in total. The van der Waals surface area contributed by atoms with Gasteiger partial charge in [-0.15, -0.1) is 11.3 Å². The minimum absolute atomic E-state index is 0.264. The van der Waals surface area contributed by atoms with E-state index in [4.69, 9.17) is 4.74 Å². The molecule has 1 aliphatic rings. The van der Waals surface area contributed by atoms with Gasteiger partial charge in [0, 0.05) is 29.2 Å². The van der Waals surface area contributed by atoms with Gasteiger partial charge in [-0.25, -0.2) is 12.8 Å². The summed E-state index contributed by atoms with van der Waals surface area (Å²) in [4.78, 5) is 13.3. The van der Waals surface area contributed by atoms with E-state index in [0.29, 0.717) is 37.6 Å². The number of ether oxygens (including phenoxy) is 1. The van der Waals surface area contributed by atoms with E-state index in [2.05, 4.69) is 5.32 Å². The van der Waals surface area contributed by atoms with Crippen LogP contribution in [0.4, 0.5) is 10.1 Å². The number of carbonyl (C=O) groups excluding carboxylic acids is 1. The second-order valence-electron chi connectivity index (χ2n) is 6.68. The van der Waals surface area contributed by atoms with Gasteiger partial charge in [0.1, 0.15) is 10.0 Å². The van der Waals surface area contributed by atoms with Crippen LogP contribution in [0.3, 0.4) is 0 Å². The van der Waals surface area contributed by atoms with Crippen molar-refractivity contribution in [2.24, 2.45) is 0 Å². The average molecular weight is 447 g/mol. The first-order valence-electron chi connectivity index (χ1n) is 9.28. The molecule has 0 bridgehead atoms. The van der Waals surface area contributed by atoms with Gasteiger partial charge in [-0.05, 0) is 54.1 Å². The summed E-state index contributed by atoms with van der Waals surface area (Å²) in [6, 6.07) is 15.8. The molecule has 1 amide bonds. The zero-order valence-corrected chi connectivity index (χ0v) is 17.5. The lowest BCUT2D eigenvalue weighted by Crippen LogP contribution is -2.40. The first-order valence-corrected chi connectivity index (χ1v) is 11.5. The van der Waals surface area contributed by atoms with E-state index in [1.807, 2.05) is 6.07 Å². The van der Waals surface area contributed by atoms with E-state index >= 15 is 0 Å². The number of nitrogens with one attached hydrogen (secondary N) is 1. The van der Waals surface area contributed by atoms with Gasteiger partial charge in [0.05, 0.1) is 13.2 Å². The highest BCUT2D eigenvalue weighted by Gasteiger charge is 2.27. The molecule has 0 unspecified atom stereocenters. The Morgan fingerprint density at radius 1 is 1.03 bits per heavy atom. The summed E-state index contributed by atoms with van der Waals surface area (Å²) in [5.74, 6) is -0.711. The highest BCUT2D eigenvalue weighted by Crippen LogP contribution is 2.33. The molecular formula is C21H19FN2O4S2. The lowest BCUT2D eigenvalue weighted by Gasteiger charge is -2.25. The van der Waals surface area contributed by atoms with Gasteiger partial charge in [-0.2, -0.15) is 4.31 Å². The van der Waals surface area contributed by atoms with Gasteiger partial charge in [-0.3, -0.25) is 4.79 Å². The van der Waals surface area contributed by atoms with E-state index in [9.17, 15) is 17.6 Å². The van der Waals surface area contributed by atoms with Crippen LogP contribution in [0.25, 0.3) is 10.4 Å². The Hall–Kier alpha value is -2.59. The van der Waals surface area contributed by atoms with Gasteiger partial charge in [0.15, 0.2) is 0 Å². The van der Waals surface area contributed by atoms with Gasteiger partial charge >= 0.3 is 0 Å². The van der Waals surface area contributed by atoms with Crippen molar-refractivity contribution in [2.75, 3.05) is 31.6 Å². The molecule has 0 spiro atoms. The summed E-state index contributed by atoms with van der Waals surface area (Å²) < 4.78 is 45.6. The highest BCUT2D eigenvalue weighted by atomic mass is 32.2. The minimum Gasteiger partial charge on any atom is -0.379 e. The molecule has 0 saturated carbocycles. The van der Waals surface area contributed by atoms with E-state index in [0.717, 1.165) is 10.4 Å². The van der Waals surface area contributed by atoms with Crippen LogP contribution in [0.5, 0.6) is 0 Å². The third-order valence-corrected chi connectivity index (χ3v) is 8.16. The molecule has 3 aromatic rings. The van der Waals surface area contributed by atoms with Crippen LogP contribution in [-0.2, 0) is 14.8 Å². The Labute approximate surface area is 178 Å². The number of anilines is 1. The number of nitrogens with zero attached hydrogens (tertiary/aromatic N) is 1. The van der Waals surface area contributed by atoms with Gasteiger partial charge < -0.3 is 10.1 Å². The number of halogens is 1. The van der Waals surface area contributed by atoms with Crippen molar-refractivity contribution in [1.29, 1.82) is 0 Å². The summed E-state index contributed by atoms with van der Waals surface area (Å²) in [5.41, 5.74) is 1.65. The molecule has 9 heteroatoms. The fourth-order valence-electron chi connectivity index (χ4n) is 3.08. The lowest BCUT2D eigenvalue weighted by atomic mass is 10.1. The highest BCUT2D eigenvalue weighted by molar-refractivity contribution is 7.91. The first-order chi connectivity index (χ1) is 14.4. The molecule has 0 aliphatic carbocycles. The molecule has 0 radical (unpaired) electrons. The summed E-state index contributed by atoms with van der Waals surface area (Å²) in [6.07, 6.45) is 0. The van der Waals surface area contributed by atoms with E-state index in [-0.39, 0.29) is 15.9 Å². The van der Waals surface area contributed by atoms with Crippen LogP contribution in [-0.4, -0.2) is 44.9 Å². The Balaban J connectivity index is 1.54. The summed E-state index contributed by atoms with van der Waals surface area (Å²) >= 11 is 1.17. The van der Waals surface area contributed by atoms with Gasteiger partial charge in [0.2, 0.25) is 0 Å². The number of hydrogen-bond donors (Lipinski definition) is 1. The van der Waals surface area contributed by atoms with Crippen molar-refractivity contribution in [3.8, 4) is 10.4 Å². The van der Waals surface area contributed by atoms with Crippen LogP contribution >= 0.6 is 11.3 Å². The lowest BCUT2D eigenvalue weighted by molar-refractivity contribution is 0.0731. The number of rotatable bonds is 5. The van der Waals surface area contributed by atoms with E-state index < -0.39 is 10.0 Å². The molecule has 1 N–H and O–H groups in total. The third kappa shape index (κ3) is 4.44. The van der Waals surface area contributed by atoms with Crippen molar-refractivity contribution < 1.29 is 22.3 Å². The molecule has 2 heterocycles. The molecule has 2 aromatic carbocycles. The summed E-state index contributed by atoms with van der Waals surface area (Å²) in [7, 11) is -3.56. The Morgan fingerprint density at radius 2 is 1.77 bits per heavy atom. The summed E-state index contributed by atoms with van der Waals surface area (Å²) in [6.45, 7) is 1.47. The molecule has 1 aromatic heterocycles. The summed E-state index contributed by atoms with van der Waals surface area (Å²) in [5, 5.41) is 2.72. The maximum atomic E-state index is 13.0. The minimum atomic E-state index is -3.56. The zero-order valence-electron chi connectivity index (χ0n) is 15.9. The van der Waals surface area contributed by atoms with E-state index in [1.54, 1.807) is 30.3 Å². The van der Waals surface area contributed by atoms with Crippen molar-refractivity contribution in [3.63, 3.8) is 0 Å². The largest absolute Gasteiger partial charge is 0.379 e.